The smallest absolute Gasteiger partial charge is 0.258 e. The van der Waals surface area contributed by atoms with E-state index < -0.39 is 23.1 Å². The molecule has 0 radical (unpaired) electrons. The minimum atomic E-state index is -1.45. The Hall–Kier alpha value is -5.17. The summed E-state index contributed by atoms with van der Waals surface area (Å²) in [5, 5.41) is 0. The van der Waals surface area contributed by atoms with E-state index in [1.54, 1.807) is 29.2 Å². The topological polar surface area (TPSA) is 69.2 Å². The molecule has 1 aromatic heterocycles. The minimum absolute atomic E-state index is 0.398. The quantitative estimate of drug-likeness (QED) is 0.370. The Morgan fingerprint density at radius 3 is 1.57 bits per heavy atom. The molecule has 1 aliphatic heterocycles. The van der Waals surface area contributed by atoms with Gasteiger partial charge in [0.05, 0.1) is 5.69 Å². The van der Waals surface area contributed by atoms with Crippen LogP contribution in [0.15, 0.2) is 119 Å². The zero-order valence-corrected chi connectivity index (χ0v) is 19.6. The summed E-state index contributed by atoms with van der Waals surface area (Å²) >= 11 is 0. The van der Waals surface area contributed by atoms with Crippen LogP contribution in [-0.2, 0) is 5.66 Å². The molecule has 4 aromatic carbocycles. The van der Waals surface area contributed by atoms with Crippen LogP contribution in [0.3, 0.4) is 0 Å². The SMILES string of the molecule is O=C1N(c2ccccc2)C2(c3ccccc3C=Cc3ccccc32)n2c(=O)n(-c3ccccc3)c(=O)n21. The summed E-state index contributed by atoms with van der Waals surface area (Å²) in [5.74, 6) is 0. The summed E-state index contributed by atoms with van der Waals surface area (Å²) in [6.07, 6.45) is 3.97. The number of hydrogen-bond acceptors (Lipinski definition) is 3. The fourth-order valence-electron chi connectivity index (χ4n) is 5.61. The van der Waals surface area contributed by atoms with Crippen LogP contribution in [-0.4, -0.2) is 20.0 Å². The molecule has 1 aliphatic carbocycles. The van der Waals surface area contributed by atoms with E-state index in [-0.39, 0.29) is 0 Å². The van der Waals surface area contributed by atoms with E-state index in [1.807, 2.05) is 97.1 Å². The van der Waals surface area contributed by atoms with E-state index in [0.29, 0.717) is 22.5 Å². The molecule has 1 amide bonds. The van der Waals surface area contributed by atoms with E-state index in [4.69, 9.17) is 0 Å². The fourth-order valence-corrected chi connectivity index (χ4v) is 5.61. The van der Waals surface area contributed by atoms with Crippen molar-refractivity contribution < 1.29 is 4.79 Å². The molecule has 2 heterocycles. The molecule has 0 bridgehead atoms. The number of amides is 1. The highest BCUT2D eigenvalue weighted by Gasteiger charge is 2.57. The second-order valence-corrected chi connectivity index (χ2v) is 8.99. The Balaban J connectivity index is 1.71. The molecular formula is C30H20N4O3. The Morgan fingerprint density at radius 2 is 1.00 bits per heavy atom. The number of fused-ring (bicyclic) bond motifs is 6. The van der Waals surface area contributed by atoms with Crippen LogP contribution in [0.4, 0.5) is 10.5 Å². The van der Waals surface area contributed by atoms with Gasteiger partial charge in [0.2, 0.25) is 0 Å². The third-order valence-corrected chi connectivity index (χ3v) is 7.09. The third-order valence-electron chi connectivity index (χ3n) is 7.09. The highest BCUT2D eigenvalue weighted by atomic mass is 16.2. The Kier molecular flexibility index (Phi) is 4.38. The molecule has 0 fully saturated rings. The number of anilines is 1. The van der Waals surface area contributed by atoms with Gasteiger partial charge in [0.1, 0.15) is 0 Å². The maximum Gasteiger partial charge on any atom is 0.360 e. The first-order valence-corrected chi connectivity index (χ1v) is 11.9. The number of benzene rings is 4. The number of carbonyl (C=O) groups is 1. The number of hydrogen-bond donors (Lipinski definition) is 0. The van der Waals surface area contributed by atoms with Gasteiger partial charge in [-0.05, 0) is 35.4 Å². The van der Waals surface area contributed by atoms with Crippen LogP contribution in [0.25, 0.3) is 17.8 Å². The second kappa shape index (κ2) is 7.66. The lowest BCUT2D eigenvalue weighted by Gasteiger charge is -2.39. The van der Waals surface area contributed by atoms with Gasteiger partial charge in [-0.25, -0.2) is 19.0 Å². The van der Waals surface area contributed by atoms with Crippen LogP contribution < -0.4 is 16.3 Å². The maximum absolute atomic E-state index is 14.3. The Bertz CT molecular complexity index is 1800. The van der Waals surface area contributed by atoms with Gasteiger partial charge in [-0.3, -0.25) is 4.90 Å². The summed E-state index contributed by atoms with van der Waals surface area (Å²) in [6, 6.07) is 32.6. The Morgan fingerprint density at radius 1 is 0.514 bits per heavy atom. The monoisotopic (exact) mass is 484 g/mol. The third kappa shape index (κ3) is 2.68. The summed E-state index contributed by atoms with van der Waals surface area (Å²) in [5.41, 5.74) is 1.31. The summed E-state index contributed by atoms with van der Waals surface area (Å²) in [4.78, 5) is 44.0. The predicted molar refractivity (Wildman–Crippen MR) is 142 cm³/mol. The van der Waals surface area contributed by atoms with E-state index in [9.17, 15) is 14.4 Å². The molecule has 7 heteroatoms. The molecule has 0 unspecified atom stereocenters. The van der Waals surface area contributed by atoms with Crippen molar-refractivity contribution >= 4 is 23.9 Å². The number of para-hydroxylation sites is 2. The van der Waals surface area contributed by atoms with Crippen LogP contribution in [0.2, 0.25) is 0 Å². The average molecular weight is 485 g/mol. The van der Waals surface area contributed by atoms with Crippen molar-refractivity contribution in [2.75, 3.05) is 4.90 Å². The first-order valence-electron chi connectivity index (χ1n) is 11.9. The number of carbonyl (C=O) groups excluding carboxylic acids is 1. The van der Waals surface area contributed by atoms with E-state index in [0.717, 1.165) is 20.4 Å². The van der Waals surface area contributed by atoms with Gasteiger partial charge in [0.25, 0.3) is 0 Å². The van der Waals surface area contributed by atoms with Crippen LogP contribution in [0, 0.1) is 0 Å². The molecule has 0 atom stereocenters. The molecule has 7 rings (SSSR count). The van der Waals surface area contributed by atoms with Crippen molar-refractivity contribution in [1.82, 2.24) is 13.9 Å². The molecular weight excluding hydrogens is 464 g/mol. The summed E-state index contributed by atoms with van der Waals surface area (Å²) in [6.45, 7) is 0. The van der Waals surface area contributed by atoms with Crippen molar-refractivity contribution in [3.8, 4) is 5.69 Å². The van der Waals surface area contributed by atoms with Crippen molar-refractivity contribution in [1.29, 1.82) is 0 Å². The zero-order chi connectivity index (χ0) is 25.1. The molecule has 1 spiro atoms. The normalized spacial score (nSPS) is 14.8. The first kappa shape index (κ1) is 21.1. The van der Waals surface area contributed by atoms with E-state index in [1.165, 1.54) is 4.68 Å². The van der Waals surface area contributed by atoms with Crippen LogP contribution >= 0.6 is 0 Å². The highest BCUT2D eigenvalue weighted by Crippen LogP contribution is 2.47. The number of aromatic nitrogens is 3. The van der Waals surface area contributed by atoms with Gasteiger partial charge < -0.3 is 0 Å². The molecule has 37 heavy (non-hydrogen) atoms. The van der Waals surface area contributed by atoms with Gasteiger partial charge in [-0.15, -0.1) is 4.68 Å². The molecule has 0 N–H and O–H groups in total. The van der Waals surface area contributed by atoms with Gasteiger partial charge in [0.15, 0.2) is 5.66 Å². The highest BCUT2D eigenvalue weighted by molar-refractivity contribution is 5.99. The molecule has 5 aromatic rings. The lowest BCUT2D eigenvalue weighted by atomic mass is 9.86. The molecule has 2 aliphatic rings. The Labute approximate surface area is 211 Å². The van der Waals surface area contributed by atoms with Gasteiger partial charge in [0, 0.05) is 16.8 Å². The molecule has 7 nitrogen and oxygen atoms in total. The second-order valence-electron chi connectivity index (χ2n) is 8.99. The van der Waals surface area contributed by atoms with Crippen LogP contribution in [0.5, 0.6) is 0 Å². The summed E-state index contributed by atoms with van der Waals surface area (Å²) < 4.78 is 3.36. The van der Waals surface area contributed by atoms with Gasteiger partial charge >= 0.3 is 17.4 Å². The van der Waals surface area contributed by atoms with Gasteiger partial charge in [-0.1, -0.05) is 97.1 Å². The van der Waals surface area contributed by atoms with E-state index in [2.05, 4.69) is 0 Å². The van der Waals surface area contributed by atoms with Gasteiger partial charge in [-0.2, -0.15) is 4.68 Å². The first-order chi connectivity index (χ1) is 18.1. The summed E-state index contributed by atoms with van der Waals surface area (Å²) in [7, 11) is 0. The maximum atomic E-state index is 14.3. The van der Waals surface area contributed by atoms with Crippen LogP contribution in [0.1, 0.15) is 22.3 Å². The fraction of sp³-hybridized carbons (Fsp3) is 0.0333. The molecule has 0 saturated heterocycles. The van der Waals surface area contributed by atoms with Crippen molar-refractivity contribution in [3.63, 3.8) is 0 Å². The van der Waals surface area contributed by atoms with Crippen molar-refractivity contribution in [2.24, 2.45) is 0 Å². The predicted octanol–water partition coefficient (Wildman–Crippen LogP) is 4.52. The minimum Gasteiger partial charge on any atom is -0.258 e. The number of rotatable bonds is 2. The van der Waals surface area contributed by atoms with E-state index >= 15 is 0 Å². The zero-order valence-electron chi connectivity index (χ0n) is 19.6. The average Bonchev–Trinajstić information content (AvgIpc) is 3.31. The molecule has 178 valence electrons. The van der Waals surface area contributed by atoms with Crippen molar-refractivity contribution in [3.05, 3.63) is 152 Å². The van der Waals surface area contributed by atoms with Crippen molar-refractivity contribution in [2.45, 2.75) is 5.66 Å². The standard InChI is InChI=1S/C30H20N4O3/c35-27-31(23-13-3-1-4-14-23)28(36)34-30(32(29(37)33(27)34)24-15-5-2-6-16-24)25-17-9-7-11-21(25)19-20-22-12-8-10-18-26(22)30/h1-20H. The largest absolute Gasteiger partial charge is 0.360 e. The molecule has 0 saturated carbocycles. The lowest BCUT2D eigenvalue weighted by molar-refractivity contribution is 0.248. The lowest BCUT2D eigenvalue weighted by Crippen LogP contribution is -2.53. The number of nitrogens with zero attached hydrogens (tertiary/aromatic N) is 4.